The first-order valence-corrected chi connectivity index (χ1v) is 8.31. The van der Waals surface area contributed by atoms with E-state index in [2.05, 4.69) is 19.2 Å². The van der Waals surface area contributed by atoms with Crippen LogP contribution in [0.1, 0.15) is 51.5 Å². The van der Waals surface area contributed by atoms with Gasteiger partial charge in [0.05, 0.1) is 0 Å². The average Bonchev–Trinajstić information content (AvgIpc) is 2.50. The van der Waals surface area contributed by atoms with Crippen molar-refractivity contribution < 1.29 is 8.78 Å². The maximum Gasteiger partial charge on any atom is 0.129 e. The van der Waals surface area contributed by atoms with Gasteiger partial charge in [0, 0.05) is 11.6 Å². The number of rotatable bonds is 6. The van der Waals surface area contributed by atoms with E-state index in [0.29, 0.717) is 12.3 Å². The minimum absolute atomic E-state index is 0.180. The Bertz CT molecular complexity index is 419. The lowest BCUT2D eigenvalue weighted by atomic mass is 9.76. The van der Waals surface area contributed by atoms with Crippen molar-refractivity contribution in [3.05, 3.63) is 35.4 Å². The van der Waals surface area contributed by atoms with Crippen molar-refractivity contribution in [2.75, 3.05) is 6.54 Å². The zero-order chi connectivity index (χ0) is 15.2. The summed E-state index contributed by atoms with van der Waals surface area (Å²) in [4.78, 5) is 0. The standard InChI is InChI=1S/C18H27F2N/c1-3-13-8-10-14(11-9-13)18(21-4-2)12-15-16(19)6-5-7-17(15)20/h5-7,13-14,18,21H,3-4,8-12H2,1-2H3. The van der Waals surface area contributed by atoms with Crippen molar-refractivity contribution in [2.45, 2.75) is 58.4 Å². The lowest BCUT2D eigenvalue weighted by Gasteiger charge is -2.34. The van der Waals surface area contributed by atoms with E-state index in [9.17, 15) is 8.78 Å². The van der Waals surface area contributed by atoms with Crippen LogP contribution in [0.15, 0.2) is 18.2 Å². The number of benzene rings is 1. The molecule has 1 aromatic carbocycles. The molecule has 3 heteroatoms. The van der Waals surface area contributed by atoms with E-state index in [4.69, 9.17) is 0 Å². The molecule has 1 aromatic rings. The summed E-state index contributed by atoms with van der Waals surface area (Å²) in [5.74, 6) is 0.542. The molecule has 1 atom stereocenters. The maximum atomic E-state index is 13.9. The number of halogens is 2. The molecule has 1 fully saturated rings. The summed E-state index contributed by atoms with van der Waals surface area (Å²) in [5, 5.41) is 3.45. The van der Waals surface area contributed by atoms with Gasteiger partial charge >= 0.3 is 0 Å². The molecule has 1 nitrogen and oxygen atoms in total. The fourth-order valence-electron chi connectivity index (χ4n) is 3.61. The molecule has 1 unspecified atom stereocenters. The molecular weight excluding hydrogens is 268 g/mol. The zero-order valence-electron chi connectivity index (χ0n) is 13.2. The van der Waals surface area contributed by atoms with Crippen LogP contribution in [0.2, 0.25) is 0 Å². The molecule has 2 rings (SSSR count). The molecule has 0 bridgehead atoms. The Kier molecular flexibility index (Phi) is 6.16. The van der Waals surface area contributed by atoms with E-state index in [-0.39, 0.29) is 11.6 Å². The summed E-state index contributed by atoms with van der Waals surface area (Å²) in [7, 11) is 0. The van der Waals surface area contributed by atoms with Crippen molar-refractivity contribution in [1.29, 1.82) is 0 Å². The first-order chi connectivity index (χ1) is 10.2. The molecule has 1 N–H and O–H groups in total. The molecule has 1 saturated carbocycles. The van der Waals surface area contributed by atoms with Gasteiger partial charge in [-0.05, 0) is 49.8 Å². The highest BCUT2D eigenvalue weighted by Crippen LogP contribution is 2.33. The van der Waals surface area contributed by atoms with Crippen molar-refractivity contribution in [2.24, 2.45) is 11.8 Å². The first kappa shape index (κ1) is 16.4. The van der Waals surface area contributed by atoms with E-state index < -0.39 is 11.6 Å². The van der Waals surface area contributed by atoms with E-state index >= 15 is 0 Å². The SMILES string of the molecule is CCNC(Cc1c(F)cccc1F)C1CCC(CC)CC1. The Balaban J connectivity index is 2.05. The van der Waals surface area contributed by atoms with Gasteiger partial charge in [-0.15, -0.1) is 0 Å². The summed E-state index contributed by atoms with van der Waals surface area (Å²) < 4.78 is 27.7. The zero-order valence-corrected chi connectivity index (χ0v) is 13.2. The highest BCUT2D eigenvalue weighted by Gasteiger charge is 2.28. The van der Waals surface area contributed by atoms with Crippen molar-refractivity contribution in [3.63, 3.8) is 0 Å². The highest BCUT2D eigenvalue weighted by molar-refractivity contribution is 5.21. The lowest BCUT2D eigenvalue weighted by Crippen LogP contribution is -2.40. The lowest BCUT2D eigenvalue weighted by molar-refractivity contribution is 0.216. The number of likely N-dealkylation sites (N-methyl/N-ethyl adjacent to an activating group) is 1. The Morgan fingerprint density at radius 1 is 1.10 bits per heavy atom. The van der Waals surface area contributed by atoms with Crippen LogP contribution >= 0.6 is 0 Å². The van der Waals surface area contributed by atoms with Crippen LogP contribution in [0.5, 0.6) is 0 Å². The second kappa shape index (κ2) is 7.88. The van der Waals surface area contributed by atoms with Gasteiger partial charge in [0.25, 0.3) is 0 Å². The molecule has 0 amide bonds. The first-order valence-electron chi connectivity index (χ1n) is 8.31. The quantitative estimate of drug-likeness (QED) is 0.802. The molecule has 118 valence electrons. The molecule has 0 aromatic heterocycles. The van der Waals surface area contributed by atoms with Gasteiger partial charge in [-0.3, -0.25) is 0 Å². The van der Waals surface area contributed by atoms with Crippen molar-refractivity contribution >= 4 is 0 Å². The molecule has 0 aliphatic heterocycles. The molecular formula is C18H27F2N. The smallest absolute Gasteiger partial charge is 0.129 e. The Hall–Kier alpha value is -0.960. The maximum absolute atomic E-state index is 13.9. The topological polar surface area (TPSA) is 12.0 Å². The fourth-order valence-corrected chi connectivity index (χ4v) is 3.61. The van der Waals surface area contributed by atoms with Gasteiger partial charge in [0.2, 0.25) is 0 Å². The summed E-state index contributed by atoms with van der Waals surface area (Å²) in [6.07, 6.45) is 6.55. The average molecular weight is 295 g/mol. The minimum Gasteiger partial charge on any atom is -0.314 e. The predicted octanol–water partition coefficient (Wildman–Crippen LogP) is 4.70. The third kappa shape index (κ3) is 4.26. The van der Waals surface area contributed by atoms with Gasteiger partial charge in [-0.25, -0.2) is 8.78 Å². The molecule has 1 aliphatic carbocycles. The summed E-state index contributed by atoms with van der Waals surface area (Å²) in [5.41, 5.74) is 0.237. The van der Waals surface area contributed by atoms with E-state index in [1.165, 1.54) is 50.3 Å². The van der Waals surface area contributed by atoms with Gasteiger partial charge in [-0.2, -0.15) is 0 Å². The third-order valence-corrected chi connectivity index (χ3v) is 4.99. The molecule has 0 spiro atoms. The van der Waals surface area contributed by atoms with Crippen LogP contribution in [0.25, 0.3) is 0 Å². The fraction of sp³-hybridized carbons (Fsp3) is 0.667. The van der Waals surface area contributed by atoms with Gasteiger partial charge in [0.15, 0.2) is 0 Å². The summed E-state index contributed by atoms with van der Waals surface area (Å²) in [6, 6.07) is 4.33. The second-order valence-electron chi connectivity index (χ2n) is 6.26. The van der Waals surface area contributed by atoms with Crippen LogP contribution in [0, 0.1) is 23.5 Å². The van der Waals surface area contributed by atoms with E-state index in [0.717, 1.165) is 12.5 Å². The Morgan fingerprint density at radius 3 is 2.24 bits per heavy atom. The highest BCUT2D eigenvalue weighted by atomic mass is 19.1. The van der Waals surface area contributed by atoms with Gasteiger partial charge in [0.1, 0.15) is 11.6 Å². The molecule has 1 aliphatic rings. The van der Waals surface area contributed by atoms with Crippen LogP contribution in [-0.4, -0.2) is 12.6 Å². The largest absolute Gasteiger partial charge is 0.314 e. The van der Waals surface area contributed by atoms with Crippen molar-refractivity contribution in [3.8, 4) is 0 Å². The number of nitrogens with one attached hydrogen (secondary N) is 1. The summed E-state index contributed by atoms with van der Waals surface area (Å²) in [6.45, 7) is 5.15. The third-order valence-electron chi connectivity index (χ3n) is 4.99. The minimum atomic E-state index is -0.417. The van der Waals surface area contributed by atoms with Gasteiger partial charge in [-0.1, -0.05) is 39.2 Å². The molecule has 0 saturated heterocycles. The van der Waals surface area contributed by atoms with Crippen LogP contribution in [-0.2, 0) is 6.42 Å². The molecule has 21 heavy (non-hydrogen) atoms. The second-order valence-corrected chi connectivity index (χ2v) is 6.26. The molecule has 0 radical (unpaired) electrons. The van der Waals surface area contributed by atoms with Crippen molar-refractivity contribution in [1.82, 2.24) is 5.32 Å². The van der Waals surface area contributed by atoms with E-state index in [1.54, 1.807) is 0 Å². The van der Waals surface area contributed by atoms with Crippen LogP contribution < -0.4 is 5.32 Å². The summed E-state index contributed by atoms with van der Waals surface area (Å²) >= 11 is 0. The van der Waals surface area contributed by atoms with Crippen LogP contribution in [0.4, 0.5) is 8.78 Å². The monoisotopic (exact) mass is 295 g/mol. The Morgan fingerprint density at radius 2 is 1.71 bits per heavy atom. The number of hydrogen-bond acceptors (Lipinski definition) is 1. The van der Waals surface area contributed by atoms with Crippen LogP contribution in [0.3, 0.4) is 0 Å². The van der Waals surface area contributed by atoms with Gasteiger partial charge < -0.3 is 5.32 Å². The molecule has 0 heterocycles. The normalized spacial score (nSPS) is 24.0. The predicted molar refractivity (Wildman–Crippen MR) is 83.3 cm³/mol. The number of hydrogen-bond donors (Lipinski definition) is 1. The van der Waals surface area contributed by atoms with E-state index in [1.807, 2.05) is 0 Å². The Labute approximate surface area is 127 Å².